The van der Waals surface area contributed by atoms with Gasteiger partial charge in [-0.05, 0) is 30.7 Å². The molecule has 1 atom stereocenters. The van der Waals surface area contributed by atoms with Gasteiger partial charge in [-0.3, -0.25) is 23.5 Å². The van der Waals surface area contributed by atoms with Crippen molar-refractivity contribution in [1.82, 2.24) is 23.8 Å². The summed E-state index contributed by atoms with van der Waals surface area (Å²) >= 11 is 0. The van der Waals surface area contributed by atoms with Gasteiger partial charge in [-0.1, -0.05) is 36.4 Å². The summed E-state index contributed by atoms with van der Waals surface area (Å²) in [5.41, 5.74) is 5.15. The Kier molecular flexibility index (Phi) is 8.56. The van der Waals surface area contributed by atoms with Crippen molar-refractivity contribution in [2.75, 3.05) is 31.1 Å². The molecule has 0 saturated carbocycles. The molecule has 228 valence electrons. The molecule has 0 unspecified atom stereocenters. The molecule has 5 rings (SSSR count). The summed E-state index contributed by atoms with van der Waals surface area (Å²) in [6, 6.07) is 12.8. The molecule has 2 N–H and O–H groups in total. The summed E-state index contributed by atoms with van der Waals surface area (Å²) in [5.74, 6) is -1.09. The van der Waals surface area contributed by atoms with Crippen molar-refractivity contribution in [3.05, 3.63) is 116 Å². The van der Waals surface area contributed by atoms with Crippen LogP contribution in [0.2, 0.25) is 0 Å². The molecule has 0 radical (unpaired) electrons. The number of anilines is 1. The molecule has 0 bridgehead atoms. The zero-order valence-corrected chi connectivity index (χ0v) is 23.9. The number of aromatic nitrogens is 4. The molecular weight excluding hydrogens is 566 g/mol. The lowest BCUT2D eigenvalue weighted by molar-refractivity contribution is -0.138. The van der Waals surface area contributed by atoms with Crippen LogP contribution in [-0.4, -0.2) is 50.0 Å². The Bertz CT molecular complexity index is 1700. The van der Waals surface area contributed by atoms with Crippen molar-refractivity contribution in [3.63, 3.8) is 0 Å². The summed E-state index contributed by atoms with van der Waals surface area (Å²) in [7, 11) is 1.86. The number of nitrogens with two attached hydrogens (primary N) is 1. The van der Waals surface area contributed by atoms with E-state index >= 15 is 0 Å². The summed E-state index contributed by atoms with van der Waals surface area (Å²) in [4.78, 5) is 31.8. The van der Waals surface area contributed by atoms with Gasteiger partial charge < -0.3 is 10.6 Å². The van der Waals surface area contributed by atoms with Gasteiger partial charge in [0.15, 0.2) is 0 Å². The van der Waals surface area contributed by atoms with Gasteiger partial charge in [0.05, 0.1) is 24.3 Å². The third-order valence-electron chi connectivity index (χ3n) is 8.00. The number of aryl methyl sites for hydroxylation is 1. The Labute approximate surface area is 245 Å². The Hall–Kier alpha value is -4.23. The van der Waals surface area contributed by atoms with E-state index in [4.69, 9.17) is 5.73 Å². The second kappa shape index (κ2) is 12.2. The Morgan fingerprint density at radius 3 is 2.26 bits per heavy atom. The largest absolute Gasteiger partial charge is 0.416 e. The molecule has 2 aromatic heterocycles. The minimum atomic E-state index is -4.84. The third-order valence-corrected chi connectivity index (χ3v) is 8.00. The van der Waals surface area contributed by atoms with E-state index in [2.05, 4.69) is 10.00 Å². The predicted octanol–water partition coefficient (Wildman–Crippen LogP) is 3.28. The standard InChI is InChI=1S/C30H33F4N7O2/c1-20-27(39-15-13-38(14-16-39)17-22-11-12-36-37(22)2)28(42)41(19-26(35)21-7-4-3-5-8-21)29(43)40(20)18-23-24(30(32,33)34)9-6-10-25(23)31/h3-12,26H,13-19,35H2,1-2H3/t26-/m1/s1. The average Bonchev–Trinajstić information content (AvgIpc) is 3.38. The summed E-state index contributed by atoms with van der Waals surface area (Å²) in [6.07, 6.45) is -3.12. The molecule has 1 saturated heterocycles. The second-order valence-corrected chi connectivity index (χ2v) is 10.7. The molecule has 3 heterocycles. The molecule has 1 aliphatic heterocycles. The molecule has 0 aliphatic carbocycles. The molecule has 2 aromatic carbocycles. The molecule has 1 aliphatic rings. The highest BCUT2D eigenvalue weighted by atomic mass is 19.4. The van der Waals surface area contributed by atoms with E-state index in [1.165, 1.54) is 6.92 Å². The lowest BCUT2D eigenvalue weighted by Crippen LogP contribution is -2.51. The fourth-order valence-corrected chi connectivity index (χ4v) is 5.56. The van der Waals surface area contributed by atoms with Gasteiger partial charge in [0.1, 0.15) is 11.5 Å². The Morgan fingerprint density at radius 1 is 0.930 bits per heavy atom. The monoisotopic (exact) mass is 599 g/mol. The zero-order chi connectivity index (χ0) is 30.9. The van der Waals surface area contributed by atoms with Gasteiger partial charge in [0, 0.05) is 63.3 Å². The molecule has 9 nitrogen and oxygen atoms in total. The number of hydrogen-bond acceptors (Lipinski definition) is 6. The van der Waals surface area contributed by atoms with E-state index in [1.807, 2.05) is 18.0 Å². The number of rotatable bonds is 8. The Morgan fingerprint density at radius 2 is 1.63 bits per heavy atom. The lowest BCUT2D eigenvalue weighted by atomic mass is 10.1. The number of hydrogen-bond donors (Lipinski definition) is 1. The first-order valence-corrected chi connectivity index (χ1v) is 13.9. The highest BCUT2D eigenvalue weighted by molar-refractivity contribution is 5.50. The summed E-state index contributed by atoms with van der Waals surface area (Å²) in [6.45, 7) is 3.31. The highest BCUT2D eigenvalue weighted by Crippen LogP contribution is 2.33. The minimum absolute atomic E-state index is 0.163. The van der Waals surface area contributed by atoms with Crippen LogP contribution >= 0.6 is 0 Å². The maximum atomic E-state index is 14.9. The van der Waals surface area contributed by atoms with Crippen LogP contribution in [0.5, 0.6) is 0 Å². The number of piperazine rings is 1. The van der Waals surface area contributed by atoms with Crippen LogP contribution < -0.4 is 21.9 Å². The minimum Gasteiger partial charge on any atom is -0.363 e. The molecule has 43 heavy (non-hydrogen) atoms. The van der Waals surface area contributed by atoms with E-state index in [-0.39, 0.29) is 17.9 Å². The van der Waals surface area contributed by atoms with E-state index in [0.717, 1.165) is 33.0 Å². The number of benzene rings is 2. The van der Waals surface area contributed by atoms with E-state index < -0.39 is 47.0 Å². The van der Waals surface area contributed by atoms with Gasteiger partial charge in [0.2, 0.25) is 0 Å². The van der Waals surface area contributed by atoms with E-state index in [1.54, 1.807) is 41.2 Å². The van der Waals surface area contributed by atoms with E-state index in [0.29, 0.717) is 38.3 Å². The number of halogens is 4. The number of nitrogens with zero attached hydrogens (tertiary/aromatic N) is 6. The van der Waals surface area contributed by atoms with Crippen LogP contribution in [0.1, 0.15) is 34.1 Å². The van der Waals surface area contributed by atoms with Crippen LogP contribution in [0.4, 0.5) is 23.2 Å². The second-order valence-electron chi connectivity index (χ2n) is 10.7. The van der Waals surface area contributed by atoms with Gasteiger partial charge in [-0.2, -0.15) is 18.3 Å². The fourth-order valence-electron chi connectivity index (χ4n) is 5.56. The number of alkyl halides is 3. The molecule has 0 amide bonds. The molecule has 13 heteroatoms. The molecule has 0 spiro atoms. The Balaban J connectivity index is 1.55. The first-order valence-electron chi connectivity index (χ1n) is 13.9. The van der Waals surface area contributed by atoms with Gasteiger partial charge in [0.25, 0.3) is 5.56 Å². The van der Waals surface area contributed by atoms with Crippen molar-refractivity contribution >= 4 is 5.69 Å². The fraction of sp³-hybridized carbons (Fsp3) is 0.367. The van der Waals surface area contributed by atoms with Crippen molar-refractivity contribution in [2.45, 2.75) is 38.8 Å². The maximum absolute atomic E-state index is 14.9. The van der Waals surface area contributed by atoms with Crippen LogP contribution in [0.25, 0.3) is 0 Å². The van der Waals surface area contributed by atoms with Crippen LogP contribution in [-0.2, 0) is 32.9 Å². The van der Waals surface area contributed by atoms with Crippen molar-refractivity contribution in [3.8, 4) is 0 Å². The molecular formula is C30H33F4N7O2. The van der Waals surface area contributed by atoms with Crippen molar-refractivity contribution in [1.29, 1.82) is 0 Å². The predicted molar refractivity (Wildman–Crippen MR) is 154 cm³/mol. The summed E-state index contributed by atoms with van der Waals surface area (Å²) in [5, 5.41) is 4.20. The van der Waals surface area contributed by atoms with Gasteiger partial charge >= 0.3 is 11.9 Å². The van der Waals surface area contributed by atoms with Crippen LogP contribution in [0.3, 0.4) is 0 Å². The van der Waals surface area contributed by atoms with Gasteiger partial charge in [-0.15, -0.1) is 0 Å². The molecule has 1 fully saturated rings. The summed E-state index contributed by atoms with van der Waals surface area (Å²) < 4.78 is 60.3. The first-order chi connectivity index (χ1) is 20.5. The molecule has 4 aromatic rings. The van der Waals surface area contributed by atoms with Crippen LogP contribution in [0, 0.1) is 12.7 Å². The quantitative estimate of drug-likeness (QED) is 0.313. The topological polar surface area (TPSA) is 94.3 Å². The maximum Gasteiger partial charge on any atom is 0.416 e. The average molecular weight is 600 g/mol. The van der Waals surface area contributed by atoms with Crippen LogP contribution in [0.15, 0.2) is 70.4 Å². The zero-order valence-electron chi connectivity index (χ0n) is 23.9. The SMILES string of the molecule is Cc1c(N2CCN(Cc3ccnn3C)CC2)c(=O)n(C[C@@H](N)c2ccccc2)c(=O)n1Cc1c(F)cccc1C(F)(F)F. The van der Waals surface area contributed by atoms with E-state index in [9.17, 15) is 27.2 Å². The van der Waals surface area contributed by atoms with Crippen molar-refractivity contribution < 1.29 is 17.6 Å². The van der Waals surface area contributed by atoms with Crippen molar-refractivity contribution in [2.24, 2.45) is 12.8 Å². The lowest BCUT2D eigenvalue weighted by Gasteiger charge is -2.36. The highest BCUT2D eigenvalue weighted by Gasteiger charge is 2.35. The normalized spacial score (nSPS) is 15.2. The van der Waals surface area contributed by atoms with Gasteiger partial charge in [-0.25, -0.2) is 9.18 Å². The first kappa shape index (κ1) is 30.2. The third kappa shape index (κ3) is 6.27. The smallest absolute Gasteiger partial charge is 0.363 e.